The van der Waals surface area contributed by atoms with Crippen LogP contribution in [0.3, 0.4) is 0 Å². The van der Waals surface area contributed by atoms with Crippen molar-refractivity contribution in [2.75, 3.05) is 13.1 Å². The van der Waals surface area contributed by atoms with Crippen molar-refractivity contribution in [2.45, 2.75) is 52.1 Å². The number of nitrogens with one attached hydrogen (secondary N) is 1. The van der Waals surface area contributed by atoms with Crippen LogP contribution in [0, 0.1) is 5.92 Å². The highest BCUT2D eigenvalue weighted by atomic mass is 16.2. The Kier molecular flexibility index (Phi) is 6.79. The lowest BCUT2D eigenvalue weighted by molar-refractivity contribution is -0.127. The predicted molar refractivity (Wildman–Crippen MR) is 95.5 cm³/mol. The van der Waals surface area contributed by atoms with Gasteiger partial charge in [0.15, 0.2) is 0 Å². The number of rotatable bonds is 6. The first-order valence-electron chi connectivity index (χ1n) is 8.93. The van der Waals surface area contributed by atoms with Gasteiger partial charge in [-0.15, -0.1) is 0 Å². The van der Waals surface area contributed by atoms with E-state index in [0.717, 1.165) is 31.2 Å². The van der Waals surface area contributed by atoms with Gasteiger partial charge >= 0.3 is 0 Å². The molecule has 2 atom stereocenters. The zero-order valence-electron chi connectivity index (χ0n) is 14.8. The fourth-order valence-electron chi connectivity index (χ4n) is 3.21. The van der Waals surface area contributed by atoms with E-state index < -0.39 is 0 Å². The van der Waals surface area contributed by atoms with Crippen molar-refractivity contribution >= 4 is 11.8 Å². The second kappa shape index (κ2) is 8.83. The predicted octanol–water partition coefficient (Wildman–Crippen LogP) is 2.30. The number of amides is 2. The number of piperidine rings is 1. The van der Waals surface area contributed by atoms with Crippen LogP contribution < -0.4 is 11.1 Å². The maximum absolute atomic E-state index is 12.7. The molecule has 1 aromatic carbocycles. The van der Waals surface area contributed by atoms with E-state index in [-0.39, 0.29) is 23.8 Å². The van der Waals surface area contributed by atoms with Crippen LogP contribution in [0.4, 0.5) is 0 Å². The first-order valence-corrected chi connectivity index (χ1v) is 8.93. The Bertz CT molecular complexity index is 556. The summed E-state index contributed by atoms with van der Waals surface area (Å²) in [6.07, 6.45) is 3.75. The maximum Gasteiger partial charge on any atom is 0.253 e. The minimum atomic E-state index is -0.106. The van der Waals surface area contributed by atoms with Gasteiger partial charge in [0.25, 0.3) is 5.91 Å². The van der Waals surface area contributed by atoms with E-state index in [9.17, 15) is 9.59 Å². The highest BCUT2D eigenvalue weighted by Gasteiger charge is 2.29. The summed E-state index contributed by atoms with van der Waals surface area (Å²) in [5.74, 6) is -0.0325. The molecule has 0 radical (unpaired) electrons. The first kappa shape index (κ1) is 18.5. The number of hydrogen-bond donors (Lipinski definition) is 2. The van der Waals surface area contributed by atoms with Crippen LogP contribution in [0.2, 0.25) is 0 Å². The maximum atomic E-state index is 12.7. The van der Waals surface area contributed by atoms with Crippen molar-refractivity contribution in [1.29, 1.82) is 0 Å². The Morgan fingerprint density at radius 1 is 1.33 bits per heavy atom. The van der Waals surface area contributed by atoms with E-state index in [1.807, 2.05) is 31.2 Å². The quantitative estimate of drug-likeness (QED) is 0.840. The van der Waals surface area contributed by atoms with Crippen LogP contribution in [0.25, 0.3) is 0 Å². The standard InChI is InChI=1S/C19H29N3O2/c1-3-5-14(2)21-18(23)17-6-4-11-22(13-17)19(24)16-9-7-15(12-20)8-10-16/h7-10,14,17H,3-6,11-13,20H2,1-2H3,(H,21,23). The molecule has 1 saturated heterocycles. The van der Waals surface area contributed by atoms with Crippen molar-refractivity contribution in [3.05, 3.63) is 35.4 Å². The molecule has 5 heteroatoms. The van der Waals surface area contributed by atoms with Gasteiger partial charge in [-0.25, -0.2) is 0 Å². The van der Waals surface area contributed by atoms with Crippen molar-refractivity contribution in [3.63, 3.8) is 0 Å². The lowest BCUT2D eigenvalue weighted by atomic mass is 9.96. The molecule has 1 aliphatic rings. The van der Waals surface area contributed by atoms with Gasteiger partial charge in [-0.3, -0.25) is 9.59 Å². The molecule has 5 nitrogen and oxygen atoms in total. The molecule has 2 unspecified atom stereocenters. The molecule has 24 heavy (non-hydrogen) atoms. The van der Waals surface area contributed by atoms with E-state index in [1.165, 1.54) is 0 Å². The molecule has 0 bridgehead atoms. The fraction of sp³-hybridized carbons (Fsp3) is 0.579. The third-order valence-electron chi connectivity index (χ3n) is 4.63. The molecule has 0 aliphatic carbocycles. The molecule has 0 spiro atoms. The van der Waals surface area contributed by atoms with Crippen LogP contribution in [0.15, 0.2) is 24.3 Å². The van der Waals surface area contributed by atoms with Gasteiger partial charge in [0.2, 0.25) is 5.91 Å². The van der Waals surface area contributed by atoms with Crippen LogP contribution in [0.1, 0.15) is 55.5 Å². The van der Waals surface area contributed by atoms with Crippen LogP contribution in [-0.2, 0) is 11.3 Å². The third-order valence-corrected chi connectivity index (χ3v) is 4.63. The number of carbonyl (C=O) groups is 2. The SMILES string of the molecule is CCCC(C)NC(=O)C1CCCN(C(=O)c2ccc(CN)cc2)C1. The molecule has 2 rings (SSSR count). The second-order valence-electron chi connectivity index (χ2n) is 6.69. The summed E-state index contributed by atoms with van der Waals surface area (Å²) in [5.41, 5.74) is 7.26. The molecular formula is C19H29N3O2. The Morgan fingerprint density at radius 3 is 2.67 bits per heavy atom. The summed E-state index contributed by atoms with van der Waals surface area (Å²) >= 11 is 0. The van der Waals surface area contributed by atoms with Gasteiger partial charge in [0.05, 0.1) is 5.92 Å². The van der Waals surface area contributed by atoms with Crippen LogP contribution in [0.5, 0.6) is 0 Å². The van der Waals surface area contributed by atoms with Gasteiger partial charge < -0.3 is 16.0 Å². The van der Waals surface area contributed by atoms with Crippen LogP contribution >= 0.6 is 0 Å². The van der Waals surface area contributed by atoms with Gasteiger partial charge in [-0.1, -0.05) is 25.5 Å². The van der Waals surface area contributed by atoms with Crippen molar-refractivity contribution in [3.8, 4) is 0 Å². The van der Waals surface area contributed by atoms with E-state index in [4.69, 9.17) is 5.73 Å². The summed E-state index contributed by atoms with van der Waals surface area (Å²) in [6.45, 7) is 5.83. The number of hydrogen-bond acceptors (Lipinski definition) is 3. The average molecular weight is 331 g/mol. The van der Waals surface area contributed by atoms with Crippen molar-refractivity contribution in [2.24, 2.45) is 11.7 Å². The monoisotopic (exact) mass is 331 g/mol. The molecule has 132 valence electrons. The normalized spacial score (nSPS) is 19.0. The lowest BCUT2D eigenvalue weighted by Crippen LogP contribution is -2.47. The molecule has 3 N–H and O–H groups in total. The summed E-state index contributed by atoms with van der Waals surface area (Å²) in [7, 11) is 0. The first-order chi connectivity index (χ1) is 11.5. The van der Waals surface area contributed by atoms with E-state index in [1.54, 1.807) is 4.90 Å². The largest absolute Gasteiger partial charge is 0.353 e. The molecule has 1 fully saturated rings. The van der Waals surface area contributed by atoms with E-state index in [2.05, 4.69) is 12.2 Å². The number of carbonyl (C=O) groups excluding carboxylic acids is 2. The minimum Gasteiger partial charge on any atom is -0.353 e. The molecule has 0 aromatic heterocycles. The molecular weight excluding hydrogens is 302 g/mol. The van der Waals surface area contributed by atoms with Gasteiger partial charge in [0, 0.05) is 31.2 Å². The Morgan fingerprint density at radius 2 is 2.04 bits per heavy atom. The molecule has 0 saturated carbocycles. The fourth-order valence-corrected chi connectivity index (χ4v) is 3.21. The van der Waals surface area contributed by atoms with E-state index in [0.29, 0.717) is 25.2 Å². The topological polar surface area (TPSA) is 75.4 Å². The van der Waals surface area contributed by atoms with Gasteiger partial charge in [-0.05, 0) is 43.9 Å². The number of benzene rings is 1. The number of nitrogens with two attached hydrogens (primary N) is 1. The number of nitrogens with zero attached hydrogens (tertiary/aromatic N) is 1. The Hall–Kier alpha value is -1.88. The summed E-state index contributed by atoms with van der Waals surface area (Å²) in [5, 5.41) is 3.07. The summed E-state index contributed by atoms with van der Waals surface area (Å²) < 4.78 is 0. The highest BCUT2D eigenvalue weighted by Crippen LogP contribution is 2.19. The lowest BCUT2D eigenvalue weighted by Gasteiger charge is -2.32. The van der Waals surface area contributed by atoms with E-state index >= 15 is 0 Å². The zero-order chi connectivity index (χ0) is 17.5. The minimum absolute atomic E-state index is 0.00215. The Balaban J connectivity index is 1.96. The van der Waals surface area contributed by atoms with Gasteiger partial charge in [-0.2, -0.15) is 0 Å². The molecule has 1 aromatic rings. The van der Waals surface area contributed by atoms with Crippen molar-refractivity contribution < 1.29 is 9.59 Å². The summed E-state index contributed by atoms with van der Waals surface area (Å²) in [4.78, 5) is 26.9. The smallest absolute Gasteiger partial charge is 0.253 e. The number of likely N-dealkylation sites (tertiary alicyclic amines) is 1. The van der Waals surface area contributed by atoms with Gasteiger partial charge in [0.1, 0.15) is 0 Å². The second-order valence-corrected chi connectivity index (χ2v) is 6.69. The molecule has 1 aliphatic heterocycles. The zero-order valence-corrected chi connectivity index (χ0v) is 14.8. The molecule has 1 heterocycles. The van der Waals surface area contributed by atoms with Crippen molar-refractivity contribution in [1.82, 2.24) is 10.2 Å². The summed E-state index contributed by atoms with van der Waals surface area (Å²) in [6, 6.07) is 7.59. The Labute approximate surface area is 144 Å². The third kappa shape index (κ3) is 4.81. The molecule has 2 amide bonds. The highest BCUT2D eigenvalue weighted by molar-refractivity contribution is 5.94. The average Bonchev–Trinajstić information content (AvgIpc) is 2.61. The van der Waals surface area contributed by atoms with Crippen LogP contribution in [-0.4, -0.2) is 35.8 Å².